The monoisotopic (exact) mass is 446 g/mol. The van der Waals surface area contributed by atoms with E-state index >= 15 is 0 Å². The van der Waals surface area contributed by atoms with Crippen molar-refractivity contribution in [3.8, 4) is 0 Å². The van der Waals surface area contributed by atoms with E-state index in [0.29, 0.717) is 0 Å². The number of aryl methyl sites for hydroxylation is 1. The summed E-state index contributed by atoms with van der Waals surface area (Å²) in [6.07, 6.45) is 1.15. The third-order valence-corrected chi connectivity index (χ3v) is 10.5. The summed E-state index contributed by atoms with van der Waals surface area (Å²) in [5, 5.41) is 32.9. The Balaban J connectivity index is 2.05. The molecule has 0 aliphatic rings. The number of hydrogen-bond acceptors (Lipinski definition) is 3. The van der Waals surface area contributed by atoms with Gasteiger partial charge in [-0.15, -0.1) is 0 Å². The minimum atomic E-state index is -2.34. The highest BCUT2D eigenvalue weighted by molar-refractivity contribution is 7.11. The second-order valence-electron chi connectivity index (χ2n) is 8.31. The van der Waals surface area contributed by atoms with Crippen LogP contribution in [0.4, 0.5) is 0 Å². The zero-order valence-corrected chi connectivity index (χ0v) is 19.5. The fraction of sp³-hybridized carbons (Fsp3) is 0.222. The molecular formula is C27H30O4Si. The predicted molar refractivity (Wildman–Crippen MR) is 133 cm³/mol. The molecule has 0 saturated heterocycles. The van der Waals surface area contributed by atoms with Crippen LogP contribution in [0.1, 0.15) is 24.0 Å². The summed E-state index contributed by atoms with van der Waals surface area (Å²) in [7, 11) is -2.34. The van der Waals surface area contributed by atoms with Crippen LogP contribution >= 0.6 is 0 Å². The molecule has 2 atom stereocenters. The van der Waals surface area contributed by atoms with Crippen molar-refractivity contribution in [2.75, 3.05) is 0 Å². The van der Waals surface area contributed by atoms with Crippen LogP contribution in [0.15, 0.2) is 84.9 Å². The first-order valence-electron chi connectivity index (χ1n) is 10.8. The quantitative estimate of drug-likeness (QED) is 0.349. The molecule has 2 unspecified atom stereocenters. The Bertz CT molecular complexity index is 1020. The minimum absolute atomic E-state index is 0.0178. The third-order valence-electron chi connectivity index (χ3n) is 5.97. The highest BCUT2D eigenvalue weighted by Crippen LogP contribution is 2.16. The van der Waals surface area contributed by atoms with Crippen LogP contribution in [-0.2, 0) is 4.79 Å². The van der Waals surface area contributed by atoms with Gasteiger partial charge in [-0.25, -0.2) is 0 Å². The first kappa shape index (κ1) is 23.7. The van der Waals surface area contributed by atoms with Crippen LogP contribution in [0.2, 0.25) is 6.55 Å². The van der Waals surface area contributed by atoms with Crippen molar-refractivity contribution in [1.29, 1.82) is 0 Å². The lowest BCUT2D eigenvalue weighted by Crippen LogP contribution is -2.65. The van der Waals surface area contributed by atoms with Gasteiger partial charge < -0.3 is 15.3 Å². The number of aliphatic carboxylic acids is 1. The Morgan fingerprint density at radius 2 is 1.47 bits per heavy atom. The molecule has 5 heteroatoms. The van der Waals surface area contributed by atoms with Crippen LogP contribution in [0, 0.1) is 6.92 Å². The maximum atomic E-state index is 10.8. The lowest BCUT2D eigenvalue weighted by Gasteiger charge is -2.31. The molecule has 0 bridgehead atoms. The Morgan fingerprint density at radius 3 is 2.00 bits per heavy atom. The van der Waals surface area contributed by atoms with Gasteiger partial charge in [-0.3, -0.25) is 4.79 Å². The molecule has 0 amide bonds. The summed E-state index contributed by atoms with van der Waals surface area (Å²) in [6.45, 7) is 4.40. The van der Waals surface area contributed by atoms with E-state index < -0.39 is 26.3 Å². The molecule has 0 heterocycles. The molecule has 0 saturated carbocycles. The number of carboxylic acids is 1. The molecule has 0 aliphatic carbocycles. The molecule has 3 aromatic carbocycles. The summed E-state index contributed by atoms with van der Waals surface area (Å²) < 4.78 is 0. The third kappa shape index (κ3) is 5.43. The molecule has 4 nitrogen and oxygen atoms in total. The van der Waals surface area contributed by atoms with E-state index in [9.17, 15) is 15.0 Å². The largest absolute Gasteiger partial charge is 0.481 e. The van der Waals surface area contributed by atoms with Gasteiger partial charge in [-0.1, -0.05) is 97.6 Å². The number of carboxylic acid groups (broad SMARTS) is 1. The van der Waals surface area contributed by atoms with Gasteiger partial charge in [-0.05, 0) is 33.6 Å². The SMILES string of the molecule is Cc1cccc([Si](C)(c2ccccc2)c2ccccc2)c1/C=C/C(O)CC(O)CC(=O)O. The Kier molecular flexibility index (Phi) is 7.80. The van der Waals surface area contributed by atoms with Crippen LogP contribution in [-0.4, -0.2) is 41.6 Å². The van der Waals surface area contributed by atoms with Crippen molar-refractivity contribution in [2.24, 2.45) is 0 Å². The molecule has 3 aromatic rings. The van der Waals surface area contributed by atoms with Crippen molar-refractivity contribution in [3.63, 3.8) is 0 Å². The van der Waals surface area contributed by atoms with Crippen molar-refractivity contribution in [3.05, 3.63) is 96.1 Å². The van der Waals surface area contributed by atoms with Crippen molar-refractivity contribution >= 4 is 35.7 Å². The number of hydrogen-bond donors (Lipinski definition) is 3. The summed E-state index contributed by atoms with van der Waals surface area (Å²) >= 11 is 0. The van der Waals surface area contributed by atoms with Gasteiger partial charge >= 0.3 is 5.97 Å². The second kappa shape index (κ2) is 10.5. The van der Waals surface area contributed by atoms with E-state index in [2.05, 4.69) is 80.2 Å². The van der Waals surface area contributed by atoms with E-state index in [1.807, 2.05) is 18.2 Å². The maximum Gasteiger partial charge on any atom is 0.305 e. The van der Waals surface area contributed by atoms with Gasteiger partial charge in [0.2, 0.25) is 0 Å². The summed E-state index contributed by atoms with van der Waals surface area (Å²) in [5.41, 5.74) is 2.16. The van der Waals surface area contributed by atoms with E-state index in [1.54, 1.807) is 6.08 Å². The second-order valence-corrected chi connectivity index (χ2v) is 12.3. The van der Waals surface area contributed by atoms with E-state index in [-0.39, 0.29) is 12.8 Å². The number of carbonyl (C=O) groups is 1. The van der Waals surface area contributed by atoms with Crippen molar-refractivity contribution in [2.45, 2.75) is 38.5 Å². The fourth-order valence-electron chi connectivity index (χ4n) is 4.21. The van der Waals surface area contributed by atoms with Gasteiger partial charge in [0, 0.05) is 6.42 Å². The molecule has 166 valence electrons. The number of aliphatic hydroxyl groups excluding tert-OH is 2. The molecule has 0 spiro atoms. The van der Waals surface area contributed by atoms with Crippen LogP contribution in [0.3, 0.4) is 0 Å². The van der Waals surface area contributed by atoms with E-state index in [1.165, 1.54) is 15.6 Å². The van der Waals surface area contributed by atoms with Gasteiger partial charge in [0.1, 0.15) is 8.07 Å². The normalized spacial score (nSPS) is 13.8. The molecular weight excluding hydrogens is 416 g/mol. The molecule has 3 rings (SSSR count). The van der Waals surface area contributed by atoms with Crippen molar-refractivity contribution in [1.82, 2.24) is 0 Å². The topological polar surface area (TPSA) is 77.8 Å². The average molecular weight is 447 g/mol. The predicted octanol–water partition coefficient (Wildman–Crippen LogP) is 2.69. The highest BCUT2D eigenvalue weighted by atomic mass is 28.3. The summed E-state index contributed by atoms with van der Waals surface area (Å²) in [5.74, 6) is -1.08. The Labute approximate surface area is 190 Å². The first-order chi connectivity index (χ1) is 15.3. The van der Waals surface area contributed by atoms with Crippen LogP contribution in [0.5, 0.6) is 0 Å². The van der Waals surface area contributed by atoms with Gasteiger partial charge in [0.15, 0.2) is 0 Å². The molecule has 0 radical (unpaired) electrons. The molecule has 0 aromatic heterocycles. The summed E-state index contributed by atoms with van der Waals surface area (Å²) in [6, 6.07) is 27.4. The minimum Gasteiger partial charge on any atom is -0.481 e. The number of aliphatic hydroxyl groups is 2. The molecule has 3 N–H and O–H groups in total. The van der Waals surface area contributed by atoms with Crippen molar-refractivity contribution < 1.29 is 20.1 Å². The van der Waals surface area contributed by atoms with Gasteiger partial charge in [-0.2, -0.15) is 0 Å². The number of rotatable bonds is 9. The zero-order valence-electron chi connectivity index (χ0n) is 18.5. The fourth-order valence-corrected chi connectivity index (χ4v) is 8.13. The first-order valence-corrected chi connectivity index (χ1v) is 13.3. The average Bonchev–Trinajstić information content (AvgIpc) is 2.78. The van der Waals surface area contributed by atoms with Crippen LogP contribution in [0.25, 0.3) is 6.08 Å². The van der Waals surface area contributed by atoms with Gasteiger partial charge in [0.05, 0.1) is 18.6 Å². The zero-order chi connectivity index (χ0) is 23.1. The number of benzene rings is 3. The standard InChI is InChI=1S/C27H30O4Si/c1-20-10-9-15-26(25(20)17-16-21(28)18-22(29)19-27(30)31)32(2,23-11-5-3-6-12-23)24-13-7-4-8-14-24/h3-17,21-22,28-29H,18-19H2,1-2H3,(H,30,31)/b17-16+. The highest BCUT2D eigenvalue weighted by Gasteiger charge is 2.35. The lowest BCUT2D eigenvalue weighted by molar-refractivity contribution is -0.139. The Morgan fingerprint density at radius 1 is 0.906 bits per heavy atom. The smallest absolute Gasteiger partial charge is 0.305 e. The van der Waals surface area contributed by atoms with Gasteiger partial charge in [0.25, 0.3) is 0 Å². The molecule has 0 aliphatic heterocycles. The maximum absolute atomic E-state index is 10.8. The van der Waals surface area contributed by atoms with E-state index in [4.69, 9.17) is 5.11 Å². The molecule has 0 fully saturated rings. The van der Waals surface area contributed by atoms with Crippen LogP contribution < -0.4 is 15.6 Å². The lowest BCUT2D eigenvalue weighted by atomic mass is 10.0. The van der Waals surface area contributed by atoms with E-state index in [0.717, 1.165) is 11.1 Å². The molecule has 32 heavy (non-hydrogen) atoms. The summed E-state index contributed by atoms with van der Waals surface area (Å²) in [4.78, 5) is 10.8. The Hall–Kier alpha value is -2.99.